The molecule has 0 radical (unpaired) electrons. The number of aliphatic hydroxyl groups is 1. The third kappa shape index (κ3) is 6.15. The lowest BCUT2D eigenvalue weighted by molar-refractivity contribution is -0.144. The predicted octanol–water partition coefficient (Wildman–Crippen LogP) is 6.13. The lowest BCUT2D eigenvalue weighted by atomic mass is 9.70. The van der Waals surface area contributed by atoms with Crippen molar-refractivity contribution in [3.8, 4) is 5.75 Å². The van der Waals surface area contributed by atoms with Crippen molar-refractivity contribution in [2.45, 2.75) is 62.2 Å². The summed E-state index contributed by atoms with van der Waals surface area (Å²) in [5.41, 5.74) is -0.00153. The summed E-state index contributed by atoms with van der Waals surface area (Å²) >= 11 is 3.80. The van der Waals surface area contributed by atoms with Crippen LogP contribution >= 0.6 is 15.9 Å². The molecule has 3 aromatic rings. The Hall–Kier alpha value is -3.99. The third-order valence-corrected chi connectivity index (χ3v) is 11.1. The van der Waals surface area contributed by atoms with Gasteiger partial charge in [0, 0.05) is 29.3 Å². The van der Waals surface area contributed by atoms with Crippen molar-refractivity contribution < 1.29 is 29.0 Å². The van der Waals surface area contributed by atoms with Gasteiger partial charge in [0.05, 0.1) is 37.2 Å². The molecule has 264 valence electrons. The van der Waals surface area contributed by atoms with Gasteiger partial charge in [0.2, 0.25) is 11.8 Å². The fourth-order valence-electron chi connectivity index (χ4n) is 8.31. The van der Waals surface area contributed by atoms with Gasteiger partial charge in [-0.2, -0.15) is 0 Å². The van der Waals surface area contributed by atoms with Crippen molar-refractivity contribution in [3.05, 3.63) is 92.0 Å². The summed E-state index contributed by atoms with van der Waals surface area (Å²) in [6, 6.07) is 19.3. The maximum Gasteiger partial charge on any atom is 0.253 e. The van der Waals surface area contributed by atoms with Crippen molar-refractivity contribution in [1.82, 2.24) is 4.90 Å². The second-order valence-corrected chi connectivity index (χ2v) is 15.0. The summed E-state index contributed by atoms with van der Waals surface area (Å²) < 4.78 is 12.5. The zero-order chi connectivity index (χ0) is 35.7. The van der Waals surface area contributed by atoms with Crippen LogP contribution in [0.3, 0.4) is 0 Å². The second kappa shape index (κ2) is 14.7. The Labute approximate surface area is 302 Å². The first-order chi connectivity index (χ1) is 24.1. The Morgan fingerprint density at radius 2 is 1.66 bits per heavy atom. The first-order valence-electron chi connectivity index (χ1n) is 17.4. The topological polar surface area (TPSA) is 99.6 Å². The van der Waals surface area contributed by atoms with E-state index in [1.807, 2.05) is 87.5 Å². The molecule has 3 aromatic carbocycles. The molecule has 3 aliphatic rings. The van der Waals surface area contributed by atoms with Crippen molar-refractivity contribution in [3.63, 3.8) is 0 Å². The lowest BCUT2D eigenvalue weighted by Crippen LogP contribution is -2.59. The number of likely N-dealkylation sites (tertiary alicyclic amines) is 1. The van der Waals surface area contributed by atoms with E-state index in [-0.39, 0.29) is 48.2 Å². The molecule has 3 amide bonds. The number of aliphatic hydroxyl groups excluding tert-OH is 1. The van der Waals surface area contributed by atoms with Crippen LogP contribution in [0.1, 0.15) is 33.6 Å². The highest BCUT2D eigenvalue weighted by molar-refractivity contribution is 9.09. The van der Waals surface area contributed by atoms with E-state index in [0.29, 0.717) is 36.6 Å². The first kappa shape index (κ1) is 35.8. The van der Waals surface area contributed by atoms with E-state index in [0.717, 1.165) is 10.8 Å². The minimum atomic E-state index is -1.30. The van der Waals surface area contributed by atoms with Gasteiger partial charge in [-0.15, -0.1) is 13.2 Å². The standard InChI is InChI=1S/C40H46BrN3O6/c1-6-19-42(28-15-17-31(18-16-28)49-8-3)37(46)33-34-38(47)44(30(24-45)21-25(4)5)36(40(34)23-32(41)35(33)50-40)39(48)43(20-7-2)29-14-13-26-11-9-10-12-27(26)22-29/h6-7,9-18,22,25,30,32-36,45H,1-2,8,19-21,23-24H2,3-5H3/t30-,32?,33+,34+,35+,36?,40?/m1/s1. The molecular weight excluding hydrogens is 698 g/mol. The Kier molecular flexibility index (Phi) is 10.5. The van der Waals surface area contributed by atoms with E-state index in [9.17, 15) is 14.7 Å². The van der Waals surface area contributed by atoms with Gasteiger partial charge >= 0.3 is 0 Å². The first-order valence-corrected chi connectivity index (χ1v) is 18.3. The maximum atomic E-state index is 15.2. The SMILES string of the molecule is C=CCN(C(=O)C1N([C@@H](CO)CC(C)C)C(=O)[C@@H]2[C@H](C(=O)N(CC=C)c3ccc(OCC)cc3)[C@H]3OC12CC3Br)c1ccc2ccccc2c1. The van der Waals surface area contributed by atoms with E-state index in [1.54, 1.807) is 26.9 Å². The molecule has 3 unspecified atom stereocenters. The molecule has 7 atom stereocenters. The highest BCUT2D eigenvalue weighted by Gasteiger charge is 2.77. The molecule has 1 spiro atoms. The van der Waals surface area contributed by atoms with E-state index >= 15 is 4.79 Å². The second-order valence-electron chi connectivity index (χ2n) is 13.8. The van der Waals surface area contributed by atoms with Crippen LogP contribution in [0.5, 0.6) is 5.75 Å². The number of benzene rings is 3. The largest absolute Gasteiger partial charge is 0.494 e. The number of fused-ring (bicyclic) bond motifs is 2. The Balaban J connectivity index is 1.45. The molecule has 0 aromatic heterocycles. The number of nitrogens with zero attached hydrogens (tertiary/aromatic N) is 3. The average Bonchev–Trinajstić information content (AvgIpc) is 3.71. The molecule has 2 bridgehead atoms. The Morgan fingerprint density at radius 1 is 1.02 bits per heavy atom. The highest BCUT2D eigenvalue weighted by atomic mass is 79.9. The minimum absolute atomic E-state index is 0.125. The molecule has 6 rings (SSSR count). The molecule has 9 nitrogen and oxygen atoms in total. The van der Waals surface area contributed by atoms with Crippen molar-refractivity contribution >= 4 is 55.8 Å². The highest BCUT2D eigenvalue weighted by Crippen LogP contribution is 2.61. The van der Waals surface area contributed by atoms with Gasteiger partial charge < -0.3 is 29.3 Å². The van der Waals surface area contributed by atoms with Crippen LogP contribution in [0.25, 0.3) is 10.8 Å². The minimum Gasteiger partial charge on any atom is -0.494 e. The smallest absolute Gasteiger partial charge is 0.253 e. The molecule has 50 heavy (non-hydrogen) atoms. The zero-order valence-corrected chi connectivity index (χ0v) is 30.5. The van der Waals surface area contributed by atoms with E-state index in [4.69, 9.17) is 9.47 Å². The summed E-state index contributed by atoms with van der Waals surface area (Å²) in [4.78, 5) is 49.4. The molecular formula is C40H46BrN3O6. The molecule has 0 aliphatic carbocycles. The lowest BCUT2D eigenvalue weighted by Gasteiger charge is -2.40. The van der Waals surface area contributed by atoms with Gasteiger partial charge in [0.25, 0.3) is 5.91 Å². The normalized spacial score (nSPS) is 25.8. The fourth-order valence-corrected chi connectivity index (χ4v) is 9.25. The maximum absolute atomic E-state index is 15.2. The van der Waals surface area contributed by atoms with Crippen molar-refractivity contribution in [2.24, 2.45) is 17.8 Å². The number of hydrogen-bond donors (Lipinski definition) is 1. The summed E-state index contributed by atoms with van der Waals surface area (Å²) in [7, 11) is 0. The number of amides is 3. The van der Waals surface area contributed by atoms with Gasteiger partial charge in [-0.05, 0) is 72.9 Å². The molecule has 10 heteroatoms. The van der Waals surface area contributed by atoms with E-state index < -0.39 is 35.6 Å². The van der Waals surface area contributed by atoms with Gasteiger partial charge in [-0.1, -0.05) is 72.3 Å². The van der Waals surface area contributed by atoms with Crippen LogP contribution in [0.4, 0.5) is 11.4 Å². The summed E-state index contributed by atoms with van der Waals surface area (Å²) in [6.07, 6.45) is 3.50. The average molecular weight is 745 g/mol. The van der Waals surface area contributed by atoms with Gasteiger partial charge in [-0.3, -0.25) is 14.4 Å². The number of hydrogen-bond acceptors (Lipinski definition) is 6. The van der Waals surface area contributed by atoms with Crippen LogP contribution in [0.15, 0.2) is 92.0 Å². The van der Waals surface area contributed by atoms with Crippen LogP contribution in [-0.2, 0) is 19.1 Å². The summed E-state index contributed by atoms with van der Waals surface area (Å²) in [6.45, 7) is 14.4. The number of carbonyl (C=O) groups excluding carboxylic acids is 3. The van der Waals surface area contributed by atoms with E-state index in [1.165, 1.54) is 0 Å². The predicted molar refractivity (Wildman–Crippen MR) is 200 cm³/mol. The molecule has 3 heterocycles. The van der Waals surface area contributed by atoms with Gasteiger partial charge in [0.1, 0.15) is 17.4 Å². The van der Waals surface area contributed by atoms with Crippen LogP contribution < -0.4 is 14.5 Å². The number of rotatable bonds is 14. The number of ether oxygens (including phenoxy) is 2. The van der Waals surface area contributed by atoms with Crippen LogP contribution in [-0.4, -0.2) is 82.6 Å². The number of alkyl halides is 1. The molecule has 1 N–H and O–H groups in total. The quantitative estimate of drug-likeness (QED) is 0.158. The monoisotopic (exact) mass is 743 g/mol. The van der Waals surface area contributed by atoms with Crippen LogP contribution in [0, 0.1) is 17.8 Å². The molecule has 3 aliphatic heterocycles. The third-order valence-electron chi connectivity index (χ3n) is 10.3. The van der Waals surface area contributed by atoms with Gasteiger partial charge in [-0.25, -0.2) is 0 Å². The van der Waals surface area contributed by atoms with Crippen molar-refractivity contribution in [1.29, 1.82) is 0 Å². The Morgan fingerprint density at radius 3 is 2.28 bits per heavy atom. The van der Waals surface area contributed by atoms with Crippen molar-refractivity contribution in [2.75, 3.05) is 36.1 Å². The summed E-state index contributed by atoms with van der Waals surface area (Å²) in [5, 5.41) is 12.8. The van der Waals surface area contributed by atoms with E-state index in [2.05, 4.69) is 29.1 Å². The molecule has 3 saturated heterocycles. The molecule has 0 saturated carbocycles. The summed E-state index contributed by atoms with van der Waals surface area (Å²) in [5.74, 6) is -1.95. The van der Waals surface area contributed by atoms with Gasteiger partial charge in [0.15, 0.2) is 0 Å². The number of anilines is 2. The number of halogens is 1. The number of carbonyl (C=O) groups is 3. The fraction of sp³-hybridized carbons (Fsp3) is 0.425. The molecule has 3 fully saturated rings. The zero-order valence-electron chi connectivity index (χ0n) is 28.9. The Bertz CT molecular complexity index is 1760. The van der Waals surface area contributed by atoms with Crippen LogP contribution in [0.2, 0.25) is 0 Å².